The average Bonchev–Trinajstić information content (AvgIpc) is 3.24. The van der Waals surface area contributed by atoms with Crippen LogP contribution in [0.15, 0.2) is 97.6 Å². The second kappa shape index (κ2) is 90.7. The van der Waals surface area contributed by atoms with Crippen LogP contribution in [-0.4, -0.2) is 32.5 Å². The Balaban J connectivity index is -0.0000000403. The molecule has 0 amide bonds. The molecule has 0 radical (unpaired) electrons. The first-order valence-corrected chi connectivity index (χ1v) is 25.7. The van der Waals surface area contributed by atoms with Crippen LogP contribution < -0.4 is 0 Å². The zero-order valence-electron chi connectivity index (χ0n) is 36.2. The van der Waals surface area contributed by atoms with E-state index in [9.17, 15) is 0 Å². The van der Waals surface area contributed by atoms with E-state index in [1.54, 1.807) is 81.1 Å². The van der Waals surface area contributed by atoms with E-state index in [1.807, 2.05) is 154 Å². The summed E-state index contributed by atoms with van der Waals surface area (Å²) < 4.78 is 0. The molecule has 0 bridgehead atoms. The minimum atomic E-state index is 0. The van der Waals surface area contributed by atoms with Gasteiger partial charge in [-0.3, -0.25) is 19.9 Å². The zero-order valence-corrected chi connectivity index (χ0v) is 47.0. The fourth-order valence-corrected chi connectivity index (χ4v) is 3.26. The minimum absolute atomic E-state index is 0. The SMILES string of the molecule is C.C.C.C[CH-]C.C[CH-]C.C[CH-]C.C[CH-]C.[CH2-]CC[NH-].[CH2-][C@@H]1CCCC[C@H]1[NH-].[CH3-].[CH3-].[Cl][Pt].[Cl][Pt].[Cl][Pt].[NH2-].[Ru+2].c1ccc(-c2ccccn2)nc1.c1ccc(-c2ccccn2)nc1. The van der Waals surface area contributed by atoms with Crippen LogP contribution in [0.2, 0.25) is 0 Å². The topological polar surface area (TPSA) is 133 Å². The Hall–Kier alpha value is 0.0383. The van der Waals surface area contributed by atoms with Gasteiger partial charge in [-0.15, -0.1) is 0 Å². The number of nitrogens with one attached hydrogen (secondary N) is 2. The molecule has 1 fully saturated rings. The first-order valence-electron chi connectivity index (χ1n) is 17.3. The molecule has 4 aromatic rings. The third-order valence-electron chi connectivity index (χ3n) is 5.27. The second-order valence-corrected chi connectivity index (χ2v) is 10.4. The number of rotatable bonds is 3. The molecule has 4 heterocycles. The maximum absolute atomic E-state index is 7.42. The summed E-state index contributed by atoms with van der Waals surface area (Å²) in [5.74, 6) is 0.420. The van der Waals surface area contributed by atoms with Crippen molar-refractivity contribution in [1.29, 1.82) is 0 Å². The summed E-state index contributed by atoms with van der Waals surface area (Å²) in [6, 6.07) is 23.3. The summed E-state index contributed by atoms with van der Waals surface area (Å²) in [6.45, 7) is 23.8. The molecule has 1 aliphatic rings. The summed E-state index contributed by atoms with van der Waals surface area (Å²) in [5, 5.41) is 0. The number of hydrogen-bond donors (Lipinski definition) is 0. The Kier molecular flexibility index (Phi) is 142. The van der Waals surface area contributed by atoms with E-state index in [2.05, 4.69) is 62.0 Å². The molecule has 0 unspecified atom stereocenters. The van der Waals surface area contributed by atoms with Crippen LogP contribution in [0.25, 0.3) is 40.4 Å². The molecule has 1 aliphatic carbocycles. The molecule has 4 aromatic heterocycles. The van der Waals surface area contributed by atoms with Gasteiger partial charge in [0.1, 0.15) is 0 Å². The molecule has 2 atom stereocenters. The fourth-order valence-electron chi connectivity index (χ4n) is 3.26. The van der Waals surface area contributed by atoms with Gasteiger partial charge in [0.2, 0.25) is 0 Å². The molecular weight excluding hydrogens is 1460 g/mol. The minimum Gasteiger partial charge on any atom is -0.693 e. The molecule has 0 aromatic carbocycles. The van der Waals surface area contributed by atoms with E-state index in [-0.39, 0.29) is 68.8 Å². The van der Waals surface area contributed by atoms with Crippen molar-refractivity contribution in [3.63, 3.8) is 0 Å². The Morgan fingerprint density at radius 3 is 0.869 bits per heavy atom. The van der Waals surface area contributed by atoms with Crippen LogP contribution in [0.1, 0.15) is 110 Å². The third kappa shape index (κ3) is 74.7. The molecule has 0 saturated heterocycles. The van der Waals surface area contributed by atoms with Gasteiger partial charge in [-0.1, -0.05) is 72.2 Å². The van der Waals surface area contributed by atoms with Gasteiger partial charge in [-0.05, 0) is 48.5 Å². The summed E-state index contributed by atoms with van der Waals surface area (Å²) in [4.78, 5) is 16.7. The molecule has 1 saturated carbocycles. The van der Waals surface area contributed by atoms with E-state index < -0.39 is 0 Å². The fraction of sp³-hybridized carbons (Fsp3) is 0.404. The number of aromatic nitrogens is 4. The molecule has 7 nitrogen and oxygen atoms in total. The summed E-state index contributed by atoms with van der Waals surface area (Å²) >= 11 is 4.83. The van der Waals surface area contributed by atoms with Gasteiger partial charge >= 0.3 is 104 Å². The molecule has 14 heteroatoms. The van der Waals surface area contributed by atoms with Crippen molar-refractivity contribution in [2.24, 2.45) is 5.92 Å². The zero-order chi connectivity index (χ0) is 42.7. The monoisotopic (exact) mass is 1540 g/mol. The van der Waals surface area contributed by atoms with Crippen molar-refractivity contribution in [3.8, 4) is 22.8 Å². The standard InChI is InChI=1S/2C10H8N2.C7H13N.C3H7N.4C3H7.3CH4.2CH3.3ClH.H2N.3Pt.Ru/c2*1-3-7-11-9(5-1)10-6-2-4-8-12-10;1-6-4-2-3-5-7(6)8;1-2-3-4;4*1-3-2;;;;;;;;;;;;;/h2*1-8H;6-8H,1-5H2;4H,1-3H2;4*3H,1-2H3;3*1H4;2*1H3;3*1H;1H2;;;;/q;;2*-2;4*-1;;;;2*-1;;;;-1;3*+1;+2/p-3/t;;6-,7-;;;;;;;;;;;;;;;;;;/m..1................../s1. The predicted octanol–water partition coefficient (Wildman–Crippen LogP) is 18.5. The van der Waals surface area contributed by atoms with Crippen molar-refractivity contribution >= 4 is 28.3 Å². The van der Waals surface area contributed by atoms with Crippen molar-refractivity contribution in [3.05, 3.63) is 170 Å². The Labute approximate surface area is 440 Å². The van der Waals surface area contributed by atoms with Gasteiger partial charge in [-0.25, -0.2) is 6.42 Å². The van der Waals surface area contributed by atoms with Gasteiger partial charge in [0, 0.05) is 24.8 Å². The molecule has 4 N–H and O–H groups in total. The van der Waals surface area contributed by atoms with Gasteiger partial charge in [0.25, 0.3) is 0 Å². The number of nitrogens with zero attached hydrogens (tertiary/aromatic N) is 4. The molecule has 0 spiro atoms. The van der Waals surface area contributed by atoms with Crippen LogP contribution in [0, 0.1) is 60.3 Å². The molecule has 375 valence electrons. The van der Waals surface area contributed by atoms with E-state index in [4.69, 9.17) is 11.5 Å². The first kappa shape index (κ1) is 95.3. The quantitative estimate of drug-likeness (QED) is 0.149. The van der Waals surface area contributed by atoms with E-state index >= 15 is 0 Å². The van der Waals surface area contributed by atoms with Crippen molar-refractivity contribution in [2.45, 2.75) is 116 Å². The van der Waals surface area contributed by atoms with Crippen LogP contribution in [0.5, 0.6) is 0 Å². The first-order chi connectivity index (χ1) is 26.3. The van der Waals surface area contributed by atoms with E-state index in [0.717, 1.165) is 35.6 Å². The summed E-state index contributed by atoms with van der Waals surface area (Å²) in [7, 11) is 13.8. The number of nitrogens with two attached hydrogens (primary N) is 1. The summed E-state index contributed by atoms with van der Waals surface area (Å²) in [6.07, 6.45) is 20.6. The van der Waals surface area contributed by atoms with Crippen molar-refractivity contribution < 1.29 is 75.8 Å². The van der Waals surface area contributed by atoms with E-state index in [0.29, 0.717) is 12.5 Å². The second-order valence-electron chi connectivity index (χ2n) is 10.4. The Morgan fingerprint density at radius 2 is 0.754 bits per heavy atom. The smallest absolute Gasteiger partial charge is 0.693 e. The number of hydrogen-bond acceptors (Lipinski definition) is 4. The molecule has 5 rings (SSSR count). The maximum atomic E-state index is 7.42. The Bertz CT molecular complexity index is 972. The molecular formula is C47H84Cl3N7Pt3Ru-9. The third-order valence-corrected chi connectivity index (χ3v) is 5.27. The van der Waals surface area contributed by atoms with Crippen LogP contribution >= 0.6 is 28.3 Å². The van der Waals surface area contributed by atoms with Crippen LogP contribution in [0.4, 0.5) is 0 Å². The normalized spacial score (nSPS) is 11.0. The Morgan fingerprint density at radius 1 is 0.557 bits per heavy atom. The maximum Gasteiger partial charge on any atom is 2.00 e. The molecule has 0 aliphatic heterocycles. The largest absolute Gasteiger partial charge is 2.00 e. The summed E-state index contributed by atoms with van der Waals surface area (Å²) in [5.41, 5.74) is 17.5. The van der Waals surface area contributed by atoms with Gasteiger partial charge in [-0.2, -0.15) is 73.9 Å². The predicted molar refractivity (Wildman–Crippen MR) is 268 cm³/mol. The van der Waals surface area contributed by atoms with Gasteiger partial charge in [0.05, 0.1) is 22.8 Å². The van der Waals surface area contributed by atoms with Crippen LogP contribution in [-0.2, 0) is 75.8 Å². The van der Waals surface area contributed by atoms with Gasteiger partial charge < -0.3 is 72.0 Å². The van der Waals surface area contributed by atoms with E-state index in [1.165, 1.54) is 19.3 Å². The number of pyridine rings is 4. The average molecular weight is 1540 g/mol. The van der Waals surface area contributed by atoms with Gasteiger partial charge in [0.15, 0.2) is 0 Å². The van der Waals surface area contributed by atoms with Crippen molar-refractivity contribution in [2.75, 3.05) is 6.54 Å². The van der Waals surface area contributed by atoms with Crippen LogP contribution in [0.3, 0.4) is 0 Å². The number of halogens is 3. The molecule has 61 heavy (non-hydrogen) atoms. The van der Waals surface area contributed by atoms with Crippen molar-refractivity contribution in [1.82, 2.24) is 19.9 Å².